The molecule has 2 fully saturated rings. The minimum Gasteiger partial charge on any atom is -0.350 e. The third-order valence-electron chi connectivity index (χ3n) is 5.08. The zero-order chi connectivity index (χ0) is 19.8. The molecule has 0 spiro atoms. The number of amides is 4. The van der Waals surface area contributed by atoms with Gasteiger partial charge in [-0.2, -0.15) is 0 Å². The fourth-order valence-corrected chi connectivity index (χ4v) is 3.40. The second-order valence-corrected chi connectivity index (χ2v) is 7.74. The number of urea groups is 1. The topological polar surface area (TPSA) is 81.8 Å². The van der Waals surface area contributed by atoms with Crippen molar-refractivity contribution in [2.75, 3.05) is 20.6 Å². The Labute approximate surface area is 157 Å². The molecule has 1 unspecified atom stereocenters. The molecule has 4 amide bonds. The third-order valence-corrected chi connectivity index (χ3v) is 5.08. The molecule has 3 rings (SSSR count). The van der Waals surface area contributed by atoms with Gasteiger partial charge in [0.05, 0.1) is 0 Å². The molecule has 1 aromatic rings. The fraction of sp³-hybridized carbons (Fsp3) is 0.526. The summed E-state index contributed by atoms with van der Waals surface area (Å²) in [6.07, 6.45) is 1.81. The molecular formula is C19H25FN4O3. The van der Waals surface area contributed by atoms with Crippen LogP contribution in [0.3, 0.4) is 0 Å². The predicted molar refractivity (Wildman–Crippen MR) is 97.0 cm³/mol. The van der Waals surface area contributed by atoms with Crippen molar-refractivity contribution in [3.63, 3.8) is 0 Å². The monoisotopic (exact) mass is 376 g/mol. The second kappa shape index (κ2) is 7.26. The van der Waals surface area contributed by atoms with Gasteiger partial charge in [-0.25, -0.2) is 9.18 Å². The van der Waals surface area contributed by atoms with E-state index in [0.717, 1.165) is 23.3 Å². The molecule has 1 heterocycles. The minimum absolute atomic E-state index is 0.149. The lowest BCUT2D eigenvalue weighted by molar-refractivity contribution is -0.135. The van der Waals surface area contributed by atoms with Crippen LogP contribution in [0.5, 0.6) is 0 Å². The molecule has 1 aromatic carbocycles. The summed E-state index contributed by atoms with van der Waals surface area (Å²) in [6.45, 7) is 2.05. The maximum atomic E-state index is 13.8. The van der Waals surface area contributed by atoms with Crippen molar-refractivity contribution < 1.29 is 18.8 Å². The number of nitrogens with zero attached hydrogens (tertiary/aromatic N) is 2. The van der Waals surface area contributed by atoms with Gasteiger partial charge in [0.25, 0.3) is 5.91 Å². The van der Waals surface area contributed by atoms with Crippen molar-refractivity contribution in [3.05, 3.63) is 35.1 Å². The lowest BCUT2D eigenvalue weighted by atomic mass is 9.96. The summed E-state index contributed by atoms with van der Waals surface area (Å²) in [5.41, 5.74) is 0.401. The standard InChI is InChI=1S/C19H25FN4O3/c1-19(14-5-6-14)17(26)24(18(27)22-19)11-16(25)21-9-12-4-7-15(20)13(8-12)10-23(2)3/h4,7-8,14H,5-6,9-11H2,1-3H3,(H,21,25)(H,22,27). The van der Waals surface area contributed by atoms with E-state index in [-0.39, 0.29) is 30.7 Å². The first-order valence-electron chi connectivity index (χ1n) is 9.03. The van der Waals surface area contributed by atoms with E-state index in [1.165, 1.54) is 6.07 Å². The number of imide groups is 1. The first kappa shape index (κ1) is 19.3. The van der Waals surface area contributed by atoms with Crippen molar-refractivity contribution in [2.45, 2.75) is 38.4 Å². The van der Waals surface area contributed by atoms with Crippen LogP contribution >= 0.6 is 0 Å². The van der Waals surface area contributed by atoms with Crippen molar-refractivity contribution in [1.82, 2.24) is 20.4 Å². The zero-order valence-electron chi connectivity index (χ0n) is 15.8. The summed E-state index contributed by atoms with van der Waals surface area (Å²) in [6, 6.07) is 4.15. The molecule has 8 heteroatoms. The average Bonchev–Trinajstić information content (AvgIpc) is 3.41. The molecule has 0 aromatic heterocycles. The summed E-state index contributed by atoms with van der Waals surface area (Å²) < 4.78 is 13.8. The van der Waals surface area contributed by atoms with Crippen LogP contribution < -0.4 is 10.6 Å². The Kier molecular flexibility index (Phi) is 5.19. The Balaban J connectivity index is 1.57. The molecule has 1 atom stereocenters. The first-order valence-corrected chi connectivity index (χ1v) is 9.03. The molecule has 1 saturated carbocycles. The number of carbonyl (C=O) groups excluding carboxylic acids is 3. The molecule has 1 saturated heterocycles. The molecule has 0 radical (unpaired) electrons. The van der Waals surface area contributed by atoms with Crippen molar-refractivity contribution in [2.24, 2.45) is 5.92 Å². The largest absolute Gasteiger partial charge is 0.350 e. The van der Waals surface area contributed by atoms with E-state index < -0.39 is 17.5 Å². The van der Waals surface area contributed by atoms with E-state index in [1.807, 2.05) is 19.0 Å². The maximum Gasteiger partial charge on any atom is 0.325 e. The van der Waals surface area contributed by atoms with Gasteiger partial charge in [-0.3, -0.25) is 14.5 Å². The Morgan fingerprint density at radius 2 is 2.07 bits per heavy atom. The van der Waals surface area contributed by atoms with Gasteiger partial charge in [-0.05, 0) is 57.5 Å². The molecule has 146 valence electrons. The van der Waals surface area contributed by atoms with Crippen LogP contribution in [0.2, 0.25) is 0 Å². The second-order valence-electron chi connectivity index (χ2n) is 7.74. The van der Waals surface area contributed by atoms with Crippen molar-refractivity contribution in [1.29, 1.82) is 0 Å². The van der Waals surface area contributed by atoms with Crippen LogP contribution in [-0.2, 0) is 22.7 Å². The predicted octanol–water partition coefficient (Wildman–Crippen LogP) is 1.22. The number of rotatable bonds is 7. The highest BCUT2D eigenvalue weighted by Crippen LogP contribution is 2.42. The quantitative estimate of drug-likeness (QED) is 0.701. The Morgan fingerprint density at radius 1 is 1.37 bits per heavy atom. The summed E-state index contributed by atoms with van der Waals surface area (Å²) in [5.74, 6) is -0.925. The third kappa shape index (κ3) is 4.10. The van der Waals surface area contributed by atoms with Gasteiger partial charge in [-0.1, -0.05) is 6.07 Å². The van der Waals surface area contributed by atoms with E-state index in [2.05, 4.69) is 10.6 Å². The number of hydrogen-bond donors (Lipinski definition) is 2. The highest BCUT2D eigenvalue weighted by molar-refractivity contribution is 6.09. The van der Waals surface area contributed by atoms with E-state index in [9.17, 15) is 18.8 Å². The Morgan fingerprint density at radius 3 is 2.70 bits per heavy atom. The first-order chi connectivity index (χ1) is 12.7. The van der Waals surface area contributed by atoms with Gasteiger partial charge in [0, 0.05) is 18.7 Å². The molecule has 2 aliphatic rings. The summed E-state index contributed by atoms with van der Waals surface area (Å²) in [7, 11) is 3.70. The van der Waals surface area contributed by atoms with Crippen LogP contribution in [0.25, 0.3) is 0 Å². The number of hydrogen-bond acceptors (Lipinski definition) is 4. The molecular weight excluding hydrogens is 351 g/mol. The Hall–Kier alpha value is -2.48. The summed E-state index contributed by atoms with van der Waals surface area (Å²) in [5, 5.41) is 5.40. The van der Waals surface area contributed by atoms with Gasteiger partial charge in [0.15, 0.2) is 0 Å². The SMILES string of the molecule is CN(C)Cc1cc(CNC(=O)CN2C(=O)NC(C)(C3CC3)C2=O)ccc1F. The van der Waals surface area contributed by atoms with Gasteiger partial charge < -0.3 is 15.5 Å². The van der Waals surface area contributed by atoms with E-state index in [0.29, 0.717) is 12.1 Å². The van der Waals surface area contributed by atoms with Crippen molar-refractivity contribution >= 4 is 17.8 Å². The summed E-state index contributed by atoms with van der Waals surface area (Å²) in [4.78, 5) is 39.7. The number of carbonyl (C=O) groups is 3. The molecule has 1 aliphatic carbocycles. The van der Waals surface area contributed by atoms with Gasteiger partial charge in [-0.15, -0.1) is 0 Å². The summed E-state index contributed by atoms with van der Waals surface area (Å²) >= 11 is 0. The van der Waals surface area contributed by atoms with E-state index in [4.69, 9.17) is 0 Å². The smallest absolute Gasteiger partial charge is 0.325 e. The molecule has 1 aliphatic heterocycles. The lowest BCUT2D eigenvalue weighted by Crippen LogP contribution is -2.46. The number of benzene rings is 1. The molecule has 2 N–H and O–H groups in total. The van der Waals surface area contributed by atoms with Crippen LogP contribution in [0, 0.1) is 11.7 Å². The molecule has 0 bridgehead atoms. The van der Waals surface area contributed by atoms with Gasteiger partial charge >= 0.3 is 6.03 Å². The van der Waals surface area contributed by atoms with Crippen LogP contribution in [0.15, 0.2) is 18.2 Å². The van der Waals surface area contributed by atoms with Crippen LogP contribution in [0.1, 0.15) is 30.9 Å². The normalized spacial score (nSPS) is 22.3. The average molecular weight is 376 g/mol. The zero-order valence-corrected chi connectivity index (χ0v) is 15.8. The molecule has 27 heavy (non-hydrogen) atoms. The minimum atomic E-state index is -0.893. The number of nitrogens with one attached hydrogen (secondary N) is 2. The van der Waals surface area contributed by atoms with Crippen molar-refractivity contribution in [3.8, 4) is 0 Å². The highest BCUT2D eigenvalue weighted by Gasteiger charge is 2.56. The fourth-order valence-electron chi connectivity index (χ4n) is 3.40. The van der Waals surface area contributed by atoms with Crippen LogP contribution in [0.4, 0.5) is 9.18 Å². The van der Waals surface area contributed by atoms with Gasteiger partial charge in [0.2, 0.25) is 5.91 Å². The molecule has 7 nitrogen and oxygen atoms in total. The van der Waals surface area contributed by atoms with E-state index in [1.54, 1.807) is 19.1 Å². The maximum absolute atomic E-state index is 13.8. The van der Waals surface area contributed by atoms with Gasteiger partial charge in [0.1, 0.15) is 17.9 Å². The van der Waals surface area contributed by atoms with E-state index >= 15 is 0 Å². The number of halogens is 1. The Bertz CT molecular complexity index is 778. The highest BCUT2D eigenvalue weighted by atomic mass is 19.1. The lowest BCUT2D eigenvalue weighted by Gasteiger charge is -2.20. The van der Waals surface area contributed by atoms with Crippen LogP contribution in [-0.4, -0.2) is 53.8 Å².